The van der Waals surface area contributed by atoms with Crippen LogP contribution in [0.1, 0.15) is 108 Å². The fourth-order valence-electron chi connectivity index (χ4n) is 8.78. The number of rotatable bonds is 10. The molecule has 0 aliphatic heterocycles. The molecule has 9 aromatic rings. The molecule has 0 aliphatic rings. The third kappa shape index (κ3) is 10.0. The van der Waals surface area contributed by atoms with Crippen molar-refractivity contribution in [3.63, 3.8) is 0 Å². The van der Waals surface area contributed by atoms with Gasteiger partial charge in [0, 0.05) is 0 Å². The van der Waals surface area contributed by atoms with Crippen LogP contribution >= 0.6 is 0 Å². The lowest BCUT2D eigenvalue weighted by molar-refractivity contribution is 0.590. The van der Waals surface area contributed by atoms with E-state index in [1.54, 1.807) is 0 Å². The zero-order chi connectivity index (χ0) is 45.7. The summed E-state index contributed by atoms with van der Waals surface area (Å²) in [5.74, 6) is 0. The summed E-state index contributed by atoms with van der Waals surface area (Å²) in [6, 6.07) is 75.1. The lowest BCUT2D eigenvalue weighted by atomic mass is 9.85. The Kier molecular flexibility index (Phi) is 12.5. The first-order valence-corrected chi connectivity index (χ1v) is 23.2. The van der Waals surface area contributed by atoms with Crippen LogP contribution in [0.3, 0.4) is 0 Å². The molecule has 66 heavy (non-hydrogen) atoms. The van der Waals surface area contributed by atoms with Gasteiger partial charge in [0.05, 0.1) is 0 Å². The predicted molar refractivity (Wildman–Crippen MR) is 289 cm³/mol. The minimum Gasteiger partial charge on any atom is -0.0622 e. The molecule has 0 saturated heterocycles. The van der Waals surface area contributed by atoms with Crippen molar-refractivity contribution >= 4 is 69.1 Å². The van der Waals surface area contributed by atoms with E-state index < -0.39 is 0 Å². The van der Waals surface area contributed by atoms with Gasteiger partial charge in [-0.3, -0.25) is 0 Å². The molecule has 0 bridgehead atoms. The summed E-state index contributed by atoms with van der Waals surface area (Å²) in [7, 11) is 0. The standard InChI is InChI=1S/C66H58/c1-65(2,3)61-37-33-51(34-38-61)63(49-21-9-7-10-22-49)45-55-27-15-13-19-47(55)29-31-57-43-59-41-53-25-17-18-26-54(53)42-60(59)44-58(57)32-30-48-20-14-16-28-56(48)46-64(50-23-11-8-12-24-50)52-35-39-62(40-36-52)66(4,5)6/h7-46H,1-6H3. The van der Waals surface area contributed by atoms with Crippen molar-refractivity contribution in [2.45, 2.75) is 52.4 Å². The van der Waals surface area contributed by atoms with E-state index >= 15 is 0 Å². The number of hydrogen-bond acceptors (Lipinski definition) is 0. The van der Waals surface area contributed by atoms with Crippen LogP contribution in [0.15, 0.2) is 206 Å². The molecule has 0 N–H and O–H groups in total. The Hall–Kier alpha value is -7.54. The van der Waals surface area contributed by atoms with Gasteiger partial charge in [0.25, 0.3) is 0 Å². The molecule has 0 aromatic heterocycles. The van der Waals surface area contributed by atoms with E-state index in [0.717, 1.165) is 22.3 Å². The van der Waals surface area contributed by atoms with Crippen molar-refractivity contribution in [2.75, 3.05) is 0 Å². The van der Waals surface area contributed by atoms with Crippen LogP contribution in [0.2, 0.25) is 0 Å². The first-order valence-electron chi connectivity index (χ1n) is 23.2. The van der Waals surface area contributed by atoms with Crippen molar-refractivity contribution in [3.05, 3.63) is 273 Å². The number of benzene rings is 9. The van der Waals surface area contributed by atoms with Gasteiger partial charge < -0.3 is 0 Å². The van der Waals surface area contributed by atoms with E-state index in [1.807, 2.05) is 0 Å². The lowest BCUT2D eigenvalue weighted by Gasteiger charge is -2.20. The SMILES string of the molecule is CC(C)(C)c1ccc(C(=Cc2ccccc2C=Cc2cc3cc4ccccc4cc3cc2C=Cc2ccccc2C=C(c2ccccc2)c2ccc(C(C)(C)C)cc2)c2ccccc2)cc1. The molecule has 0 atom stereocenters. The van der Waals surface area contributed by atoms with Gasteiger partial charge in [0.15, 0.2) is 0 Å². The maximum Gasteiger partial charge on any atom is -0.0105 e. The van der Waals surface area contributed by atoms with Crippen LogP contribution in [-0.2, 0) is 10.8 Å². The molecule has 0 fully saturated rings. The van der Waals surface area contributed by atoms with E-state index in [-0.39, 0.29) is 10.8 Å². The average molecular weight is 851 g/mol. The van der Waals surface area contributed by atoms with Gasteiger partial charge in [-0.15, -0.1) is 0 Å². The molecule has 322 valence electrons. The van der Waals surface area contributed by atoms with Crippen LogP contribution in [0.5, 0.6) is 0 Å². The molecule has 0 spiro atoms. The topological polar surface area (TPSA) is 0 Å². The Morgan fingerprint density at radius 1 is 0.273 bits per heavy atom. The lowest BCUT2D eigenvalue weighted by Crippen LogP contribution is -2.10. The monoisotopic (exact) mass is 850 g/mol. The van der Waals surface area contributed by atoms with Gasteiger partial charge in [-0.05, 0) is 147 Å². The highest BCUT2D eigenvalue weighted by molar-refractivity contribution is 6.02. The van der Waals surface area contributed by atoms with Crippen molar-refractivity contribution in [1.29, 1.82) is 0 Å². The van der Waals surface area contributed by atoms with Crippen LogP contribution in [0.4, 0.5) is 0 Å². The smallest absolute Gasteiger partial charge is 0.0105 e. The second kappa shape index (κ2) is 18.9. The fraction of sp³-hybridized carbons (Fsp3) is 0.121. The Labute approximate surface area is 392 Å². The van der Waals surface area contributed by atoms with Gasteiger partial charge in [-0.2, -0.15) is 0 Å². The molecule has 0 heteroatoms. The van der Waals surface area contributed by atoms with Gasteiger partial charge in [0.2, 0.25) is 0 Å². The normalized spacial score (nSPS) is 12.8. The third-order valence-electron chi connectivity index (χ3n) is 12.7. The first kappa shape index (κ1) is 43.7. The van der Waals surface area contributed by atoms with Gasteiger partial charge >= 0.3 is 0 Å². The summed E-state index contributed by atoms with van der Waals surface area (Å²) in [5, 5.41) is 4.92. The van der Waals surface area contributed by atoms with E-state index in [0.29, 0.717) is 0 Å². The van der Waals surface area contributed by atoms with Crippen LogP contribution in [-0.4, -0.2) is 0 Å². The Balaban J connectivity index is 1.13. The van der Waals surface area contributed by atoms with Crippen LogP contribution in [0, 0.1) is 0 Å². The summed E-state index contributed by atoms with van der Waals surface area (Å²) in [5.41, 5.74) is 17.0. The minimum atomic E-state index is 0.0855. The van der Waals surface area contributed by atoms with Crippen LogP contribution in [0.25, 0.3) is 69.1 Å². The highest BCUT2D eigenvalue weighted by atomic mass is 14.2. The Morgan fingerprint density at radius 3 is 0.939 bits per heavy atom. The third-order valence-corrected chi connectivity index (χ3v) is 12.7. The molecule has 0 aliphatic carbocycles. The molecule has 0 unspecified atom stereocenters. The average Bonchev–Trinajstić information content (AvgIpc) is 3.33. The van der Waals surface area contributed by atoms with Crippen molar-refractivity contribution in [2.24, 2.45) is 0 Å². The highest BCUT2D eigenvalue weighted by Crippen LogP contribution is 2.34. The molecule has 0 radical (unpaired) electrons. The van der Waals surface area contributed by atoms with E-state index in [2.05, 4.69) is 284 Å². The Bertz CT molecular complexity index is 3030. The Morgan fingerprint density at radius 2 is 0.576 bits per heavy atom. The van der Waals surface area contributed by atoms with Crippen molar-refractivity contribution < 1.29 is 0 Å². The zero-order valence-electron chi connectivity index (χ0n) is 39.1. The second-order valence-electron chi connectivity index (χ2n) is 19.5. The second-order valence-corrected chi connectivity index (χ2v) is 19.5. The number of fused-ring (bicyclic) bond motifs is 2. The molecular formula is C66H58. The molecular weight excluding hydrogens is 793 g/mol. The summed E-state index contributed by atoms with van der Waals surface area (Å²) in [4.78, 5) is 0. The van der Waals surface area contributed by atoms with Gasteiger partial charge in [-0.25, -0.2) is 0 Å². The summed E-state index contributed by atoms with van der Waals surface area (Å²) < 4.78 is 0. The maximum atomic E-state index is 2.35. The molecule has 0 heterocycles. The predicted octanol–water partition coefficient (Wildman–Crippen LogP) is 18.1. The van der Waals surface area contributed by atoms with Crippen molar-refractivity contribution in [3.8, 4) is 0 Å². The minimum absolute atomic E-state index is 0.0855. The molecule has 9 rings (SSSR count). The summed E-state index contributed by atoms with van der Waals surface area (Å²) >= 11 is 0. The van der Waals surface area contributed by atoms with E-state index in [1.165, 1.54) is 77.2 Å². The fourth-order valence-corrected chi connectivity index (χ4v) is 8.78. The van der Waals surface area contributed by atoms with E-state index in [9.17, 15) is 0 Å². The van der Waals surface area contributed by atoms with Crippen LogP contribution < -0.4 is 0 Å². The highest BCUT2D eigenvalue weighted by Gasteiger charge is 2.16. The van der Waals surface area contributed by atoms with Gasteiger partial charge in [0.1, 0.15) is 0 Å². The molecule has 0 saturated carbocycles. The quantitative estimate of drug-likeness (QED) is 0.0950. The summed E-state index contributed by atoms with van der Waals surface area (Å²) in [6.45, 7) is 13.6. The largest absolute Gasteiger partial charge is 0.0622 e. The van der Waals surface area contributed by atoms with Crippen molar-refractivity contribution in [1.82, 2.24) is 0 Å². The first-order chi connectivity index (χ1) is 32.0. The molecule has 0 nitrogen and oxygen atoms in total. The van der Waals surface area contributed by atoms with Gasteiger partial charge in [-0.1, -0.05) is 248 Å². The number of hydrogen-bond donors (Lipinski definition) is 0. The zero-order valence-corrected chi connectivity index (χ0v) is 39.1. The maximum absolute atomic E-state index is 2.35. The molecule has 9 aromatic carbocycles. The summed E-state index contributed by atoms with van der Waals surface area (Å²) in [6.07, 6.45) is 13.8. The molecule has 0 amide bonds. The van der Waals surface area contributed by atoms with E-state index in [4.69, 9.17) is 0 Å².